The number of hydrogen-bond donors (Lipinski definition) is 1. The van der Waals surface area contributed by atoms with E-state index in [1.54, 1.807) is 12.1 Å². The molecule has 106 valence electrons. The van der Waals surface area contributed by atoms with E-state index >= 15 is 0 Å². The molecule has 0 radical (unpaired) electrons. The quantitative estimate of drug-likeness (QED) is 0.664. The highest BCUT2D eigenvalue weighted by Crippen LogP contribution is 2.27. The van der Waals surface area contributed by atoms with Crippen molar-refractivity contribution >= 4 is 22.4 Å². The summed E-state index contributed by atoms with van der Waals surface area (Å²) in [5.74, 6) is 0.888. The average Bonchev–Trinajstić information content (AvgIpc) is 2.44. The average molecular weight is 273 g/mol. The van der Waals surface area contributed by atoms with Crippen LogP contribution in [0.5, 0.6) is 0 Å². The molecule has 5 nitrogen and oxygen atoms in total. The number of benzene rings is 1. The summed E-state index contributed by atoms with van der Waals surface area (Å²) in [5.41, 5.74) is 2.86. The zero-order valence-corrected chi connectivity index (χ0v) is 12.1. The number of nitro groups is 1. The lowest BCUT2D eigenvalue weighted by Crippen LogP contribution is -2.06. The van der Waals surface area contributed by atoms with E-state index in [0.29, 0.717) is 0 Å². The number of non-ortho nitro benzene ring substituents is 1. The molecule has 0 bridgehead atoms. The van der Waals surface area contributed by atoms with Gasteiger partial charge in [0, 0.05) is 24.1 Å². The van der Waals surface area contributed by atoms with Crippen LogP contribution in [-0.2, 0) is 6.42 Å². The zero-order valence-electron chi connectivity index (χ0n) is 12.1. The molecule has 2 aromatic rings. The molecule has 0 aliphatic rings. The van der Waals surface area contributed by atoms with Crippen LogP contribution in [0.3, 0.4) is 0 Å². The Balaban J connectivity index is 2.60. The van der Waals surface area contributed by atoms with Gasteiger partial charge >= 0.3 is 0 Å². The number of nitrogens with one attached hydrogen (secondary N) is 1. The molecular weight excluding hydrogens is 254 g/mol. The lowest BCUT2D eigenvalue weighted by Gasteiger charge is -2.12. The van der Waals surface area contributed by atoms with Crippen molar-refractivity contribution in [2.24, 2.45) is 0 Å². The van der Waals surface area contributed by atoms with Gasteiger partial charge in [-0.15, -0.1) is 0 Å². The molecule has 1 aromatic carbocycles. The van der Waals surface area contributed by atoms with E-state index in [2.05, 4.69) is 24.1 Å². The number of nitrogens with zero attached hydrogens (tertiary/aromatic N) is 2. The van der Waals surface area contributed by atoms with E-state index in [1.165, 1.54) is 0 Å². The van der Waals surface area contributed by atoms with Gasteiger partial charge in [0.25, 0.3) is 5.69 Å². The van der Waals surface area contributed by atoms with Gasteiger partial charge in [0.05, 0.1) is 10.4 Å². The molecule has 1 N–H and O–H groups in total. The second-order valence-corrected chi connectivity index (χ2v) is 4.87. The van der Waals surface area contributed by atoms with Gasteiger partial charge < -0.3 is 5.32 Å². The summed E-state index contributed by atoms with van der Waals surface area (Å²) < 4.78 is 0. The number of aryl methyl sites for hydroxylation is 2. The Kier molecular flexibility index (Phi) is 4.17. The molecule has 0 spiro atoms. The Labute approximate surface area is 118 Å². The van der Waals surface area contributed by atoms with E-state index < -0.39 is 0 Å². The number of anilines is 1. The fraction of sp³-hybridized carbons (Fsp3) is 0.400. The molecule has 0 aliphatic heterocycles. The van der Waals surface area contributed by atoms with Crippen molar-refractivity contribution in [1.82, 2.24) is 4.98 Å². The molecular formula is C15H19N3O2. The van der Waals surface area contributed by atoms with Crippen molar-refractivity contribution in [2.75, 3.05) is 11.9 Å². The minimum Gasteiger partial charge on any atom is -0.370 e. The first-order chi connectivity index (χ1) is 9.56. The minimum absolute atomic E-state index is 0.119. The predicted octanol–water partition coefficient (Wildman–Crippen LogP) is 3.84. The molecule has 20 heavy (non-hydrogen) atoms. The Bertz CT molecular complexity index is 653. The van der Waals surface area contributed by atoms with Crippen LogP contribution in [0.25, 0.3) is 10.9 Å². The molecule has 2 rings (SSSR count). The highest BCUT2D eigenvalue weighted by molar-refractivity contribution is 5.86. The molecule has 0 amide bonds. The fourth-order valence-corrected chi connectivity index (χ4v) is 2.26. The van der Waals surface area contributed by atoms with Crippen LogP contribution in [0, 0.1) is 17.0 Å². The van der Waals surface area contributed by atoms with Crippen molar-refractivity contribution in [3.8, 4) is 0 Å². The summed E-state index contributed by atoms with van der Waals surface area (Å²) in [6, 6.07) is 5.17. The van der Waals surface area contributed by atoms with Gasteiger partial charge in [-0.05, 0) is 37.0 Å². The maximum atomic E-state index is 10.9. The third-order valence-electron chi connectivity index (χ3n) is 3.31. The Morgan fingerprint density at radius 1 is 1.30 bits per heavy atom. The number of fused-ring (bicyclic) bond motifs is 1. The summed E-state index contributed by atoms with van der Waals surface area (Å²) in [4.78, 5) is 15.2. The smallest absolute Gasteiger partial charge is 0.270 e. The summed E-state index contributed by atoms with van der Waals surface area (Å²) in [5, 5.41) is 15.1. The van der Waals surface area contributed by atoms with Crippen LogP contribution >= 0.6 is 0 Å². The molecule has 0 fully saturated rings. The molecule has 0 saturated heterocycles. The number of pyridine rings is 1. The second-order valence-electron chi connectivity index (χ2n) is 4.87. The normalized spacial score (nSPS) is 10.8. The van der Waals surface area contributed by atoms with Crippen LogP contribution in [0.4, 0.5) is 11.5 Å². The maximum Gasteiger partial charge on any atom is 0.270 e. The van der Waals surface area contributed by atoms with Gasteiger partial charge in [0.1, 0.15) is 5.82 Å². The summed E-state index contributed by atoms with van der Waals surface area (Å²) in [6.45, 7) is 6.90. The van der Waals surface area contributed by atoms with E-state index in [-0.39, 0.29) is 10.6 Å². The Morgan fingerprint density at radius 3 is 2.65 bits per heavy atom. The van der Waals surface area contributed by atoms with Crippen LogP contribution in [-0.4, -0.2) is 16.5 Å². The minimum atomic E-state index is -0.360. The van der Waals surface area contributed by atoms with E-state index in [1.807, 2.05) is 13.0 Å². The third kappa shape index (κ3) is 2.71. The fourth-order valence-electron chi connectivity index (χ4n) is 2.26. The molecule has 0 aliphatic carbocycles. The van der Waals surface area contributed by atoms with Crippen molar-refractivity contribution < 1.29 is 4.92 Å². The number of aromatic nitrogens is 1. The second kappa shape index (κ2) is 5.86. The van der Waals surface area contributed by atoms with E-state index in [0.717, 1.165) is 47.2 Å². The molecule has 0 atom stereocenters. The molecule has 0 saturated carbocycles. The van der Waals surface area contributed by atoms with Gasteiger partial charge in [-0.2, -0.15) is 0 Å². The Hall–Kier alpha value is -2.17. The lowest BCUT2D eigenvalue weighted by molar-refractivity contribution is -0.384. The first-order valence-corrected chi connectivity index (χ1v) is 6.89. The number of nitro benzene ring substituents is 1. The monoisotopic (exact) mass is 273 g/mol. The summed E-state index contributed by atoms with van der Waals surface area (Å²) >= 11 is 0. The SMILES string of the molecule is CCCNc1nc2c(C)cc([N+](=O)[O-])cc2cc1CC. The topological polar surface area (TPSA) is 68.1 Å². The molecule has 1 heterocycles. The third-order valence-corrected chi connectivity index (χ3v) is 3.31. The van der Waals surface area contributed by atoms with Gasteiger partial charge in [-0.1, -0.05) is 13.8 Å². The van der Waals surface area contributed by atoms with E-state index in [4.69, 9.17) is 0 Å². The first-order valence-electron chi connectivity index (χ1n) is 6.89. The van der Waals surface area contributed by atoms with Crippen molar-refractivity contribution in [1.29, 1.82) is 0 Å². The first kappa shape index (κ1) is 14.2. The number of hydrogen-bond acceptors (Lipinski definition) is 4. The van der Waals surface area contributed by atoms with Crippen LogP contribution in [0.15, 0.2) is 18.2 Å². The van der Waals surface area contributed by atoms with Crippen LogP contribution < -0.4 is 5.32 Å². The largest absolute Gasteiger partial charge is 0.370 e. The zero-order chi connectivity index (χ0) is 14.7. The lowest BCUT2D eigenvalue weighted by atomic mass is 10.1. The molecule has 0 unspecified atom stereocenters. The van der Waals surface area contributed by atoms with Gasteiger partial charge in [-0.25, -0.2) is 4.98 Å². The van der Waals surface area contributed by atoms with Gasteiger partial charge in [0.2, 0.25) is 0 Å². The predicted molar refractivity (Wildman–Crippen MR) is 81.3 cm³/mol. The maximum absolute atomic E-state index is 10.9. The molecule has 5 heteroatoms. The summed E-state index contributed by atoms with van der Waals surface area (Å²) in [7, 11) is 0. The Morgan fingerprint density at radius 2 is 2.05 bits per heavy atom. The highest BCUT2D eigenvalue weighted by atomic mass is 16.6. The standard InChI is InChI=1S/C15H19N3O2/c1-4-6-16-15-11(5-2)8-12-9-13(18(19)20)7-10(3)14(12)17-15/h7-9H,4-6H2,1-3H3,(H,16,17). The van der Waals surface area contributed by atoms with Gasteiger partial charge in [0.15, 0.2) is 0 Å². The van der Waals surface area contributed by atoms with Crippen molar-refractivity contribution in [2.45, 2.75) is 33.6 Å². The van der Waals surface area contributed by atoms with Crippen molar-refractivity contribution in [3.05, 3.63) is 39.4 Å². The van der Waals surface area contributed by atoms with E-state index in [9.17, 15) is 10.1 Å². The number of rotatable bonds is 5. The van der Waals surface area contributed by atoms with Gasteiger partial charge in [-0.3, -0.25) is 10.1 Å². The van der Waals surface area contributed by atoms with Crippen LogP contribution in [0.1, 0.15) is 31.4 Å². The van der Waals surface area contributed by atoms with Crippen molar-refractivity contribution in [3.63, 3.8) is 0 Å². The summed E-state index contributed by atoms with van der Waals surface area (Å²) in [6.07, 6.45) is 1.87. The highest BCUT2D eigenvalue weighted by Gasteiger charge is 2.13. The van der Waals surface area contributed by atoms with Crippen LogP contribution in [0.2, 0.25) is 0 Å². The molecule has 1 aromatic heterocycles.